The molecule has 0 bridgehead atoms. The average Bonchev–Trinajstić information content (AvgIpc) is 2.28. The lowest BCUT2D eigenvalue weighted by Crippen LogP contribution is -2.41. The predicted molar refractivity (Wildman–Crippen MR) is 70.4 cm³/mol. The lowest BCUT2D eigenvalue weighted by Gasteiger charge is -2.23. The van der Waals surface area contributed by atoms with Crippen LogP contribution in [0.3, 0.4) is 0 Å². The lowest BCUT2D eigenvalue weighted by atomic mass is 10.2. The monoisotopic (exact) mass is 250 g/mol. The second-order valence-electron chi connectivity index (χ2n) is 4.98. The molecular weight excluding hydrogens is 232 g/mol. The van der Waals surface area contributed by atoms with Crippen molar-refractivity contribution in [2.45, 2.75) is 0 Å². The Morgan fingerprint density at radius 1 is 1.50 bits per heavy atom. The van der Waals surface area contributed by atoms with E-state index in [2.05, 4.69) is 36.6 Å². The molecule has 0 atom stereocenters. The Hall–Kier alpha value is -1.95. The largest absolute Gasteiger partial charge is 0.792 e. The first-order chi connectivity index (χ1) is 8.42. The predicted octanol–water partition coefficient (Wildman–Crippen LogP) is 0.434. The number of hydrogen-bond donors (Lipinski definition) is 1. The number of quaternary nitrogens is 1. The second-order valence-corrected chi connectivity index (χ2v) is 4.98. The molecule has 1 aromatic heterocycles. The van der Waals surface area contributed by atoms with Crippen molar-refractivity contribution in [1.82, 2.24) is 10.3 Å². The van der Waals surface area contributed by atoms with Crippen LogP contribution in [0.4, 0.5) is 0 Å². The van der Waals surface area contributed by atoms with E-state index in [1.165, 1.54) is 6.20 Å². The van der Waals surface area contributed by atoms with Crippen molar-refractivity contribution in [3.8, 4) is 0 Å². The van der Waals surface area contributed by atoms with Crippen LogP contribution in [-0.4, -0.2) is 55.8 Å². The highest BCUT2D eigenvalue weighted by Gasteiger charge is 2.09. The highest BCUT2D eigenvalue weighted by atomic mass is 16.4. The van der Waals surface area contributed by atoms with Gasteiger partial charge in [-0.1, -0.05) is 0 Å². The Labute approximate surface area is 107 Å². The minimum atomic E-state index is -0.165. The summed E-state index contributed by atoms with van der Waals surface area (Å²) in [5.41, 5.74) is 0.910. The Balaban J connectivity index is 2.51. The van der Waals surface area contributed by atoms with Crippen molar-refractivity contribution in [2.24, 2.45) is 5.16 Å². The number of carbonyl (C=O) groups excluding carboxylic acids is 1. The van der Waals surface area contributed by atoms with Gasteiger partial charge in [0.05, 0.1) is 45.5 Å². The Kier molecular flexibility index (Phi) is 4.79. The minimum Gasteiger partial charge on any atom is -0.792 e. The van der Waals surface area contributed by atoms with Crippen LogP contribution in [0, 0.1) is 5.21 Å². The zero-order chi connectivity index (χ0) is 13.6. The smallest absolute Gasteiger partial charge is 0.253 e. The third kappa shape index (κ3) is 4.92. The van der Waals surface area contributed by atoms with E-state index in [0.717, 1.165) is 17.2 Å². The summed E-state index contributed by atoms with van der Waals surface area (Å²) in [5, 5.41) is 15.4. The van der Waals surface area contributed by atoms with Crippen LogP contribution in [-0.2, 0) is 0 Å². The van der Waals surface area contributed by atoms with Gasteiger partial charge in [0.25, 0.3) is 5.91 Å². The van der Waals surface area contributed by atoms with Crippen LogP contribution in [0.25, 0.3) is 0 Å². The molecule has 0 fully saturated rings. The molecule has 0 aliphatic carbocycles. The van der Waals surface area contributed by atoms with E-state index >= 15 is 0 Å². The van der Waals surface area contributed by atoms with E-state index in [4.69, 9.17) is 0 Å². The van der Waals surface area contributed by atoms with Crippen LogP contribution in [0.5, 0.6) is 0 Å². The van der Waals surface area contributed by atoms with Gasteiger partial charge in [0, 0.05) is 12.4 Å². The number of carbonyl (C=O) groups is 1. The number of likely N-dealkylation sites (N-methyl/N-ethyl adjacent to an activating group) is 1. The van der Waals surface area contributed by atoms with E-state index in [1.54, 1.807) is 12.1 Å². The van der Waals surface area contributed by atoms with Crippen LogP contribution >= 0.6 is 0 Å². The summed E-state index contributed by atoms with van der Waals surface area (Å²) in [6.07, 6.45) is 2.52. The third-order valence-corrected chi connectivity index (χ3v) is 2.30. The molecule has 0 saturated carbocycles. The molecule has 6 heteroatoms. The van der Waals surface area contributed by atoms with Gasteiger partial charge in [0.1, 0.15) is 0 Å². The van der Waals surface area contributed by atoms with Crippen molar-refractivity contribution >= 4 is 12.1 Å². The maximum atomic E-state index is 11.7. The zero-order valence-electron chi connectivity index (χ0n) is 10.9. The lowest BCUT2D eigenvalue weighted by molar-refractivity contribution is -0.869. The molecule has 1 amide bonds. The quantitative estimate of drug-likeness (QED) is 0.468. The van der Waals surface area contributed by atoms with Crippen LogP contribution < -0.4 is 5.32 Å². The number of rotatable bonds is 5. The van der Waals surface area contributed by atoms with Crippen LogP contribution in [0.1, 0.15) is 16.1 Å². The Morgan fingerprint density at radius 3 is 2.72 bits per heavy atom. The molecule has 1 aromatic rings. The van der Waals surface area contributed by atoms with Crippen molar-refractivity contribution < 1.29 is 9.28 Å². The van der Waals surface area contributed by atoms with E-state index < -0.39 is 0 Å². The highest BCUT2D eigenvalue weighted by Crippen LogP contribution is 1.99. The van der Waals surface area contributed by atoms with E-state index in [0.29, 0.717) is 17.8 Å². The van der Waals surface area contributed by atoms with Gasteiger partial charge in [0.15, 0.2) is 0 Å². The SMILES string of the molecule is C[N+](C)(C)CCNC(=O)c1ccc(/C=N/[O-])nc1. The van der Waals surface area contributed by atoms with Crippen LogP contribution in [0.15, 0.2) is 23.5 Å². The number of pyridine rings is 1. The molecule has 0 radical (unpaired) electrons. The number of nitrogens with zero attached hydrogens (tertiary/aromatic N) is 3. The maximum absolute atomic E-state index is 11.7. The zero-order valence-corrected chi connectivity index (χ0v) is 10.9. The summed E-state index contributed by atoms with van der Waals surface area (Å²) in [4.78, 5) is 15.7. The van der Waals surface area contributed by atoms with Gasteiger partial charge in [-0.05, 0) is 12.1 Å². The summed E-state index contributed by atoms with van der Waals surface area (Å²) < 4.78 is 0.789. The van der Waals surface area contributed by atoms with Gasteiger partial charge in [-0.3, -0.25) is 9.78 Å². The van der Waals surface area contributed by atoms with Crippen molar-refractivity contribution in [3.63, 3.8) is 0 Å². The highest BCUT2D eigenvalue weighted by molar-refractivity contribution is 5.94. The number of nitrogens with one attached hydrogen (secondary N) is 1. The first-order valence-corrected chi connectivity index (χ1v) is 5.63. The second kappa shape index (κ2) is 6.11. The molecule has 98 valence electrons. The maximum Gasteiger partial charge on any atom is 0.253 e. The summed E-state index contributed by atoms with van der Waals surface area (Å²) >= 11 is 0. The third-order valence-electron chi connectivity index (χ3n) is 2.30. The molecule has 1 heterocycles. The normalized spacial score (nSPS) is 11.7. The Bertz CT molecular complexity index is 421. The number of hydrogen-bond acceptors (Lipinski definition) is 4. The fourth-order valence-electron chi connectivity index (χ4n) is 1.28. The minimum absolute atomic E-state index is 0.165. The fraction of sp³-hybridized carbons (Fsp3) is 0.417. The van der Waals surface area contributed by atoms with Gasteiger partial charge >= 0.3 is 0 Å². The molecule has 0 spiro atoms. The standard InChI is InChI=1S/C12H18N4O2/c1-16(2,3)7-6-13-12(17)10-4-5-11(9-15-18)14-8-10/h4-5,8-9H,6-7H2,1-3H3,(H-,13,14,17,18). The van der Waals surface area contributed by atoms with E-state index in [1.807, 2.05) is 0 Å². The van der Waals surface area contributed by atoms with Gasteiger partial charge in [0.2, 0.25) is 0 Å². The molecule has 0 aliphatic rings. The van der Waals surface area contributed by atoms with Crippen molar-refractivity contribution in [3.05, 3.63) is 34.8 Å². The molecule has 1 rings (SSSR count). The molecule has 1 N–H and O–H groups in total. The number of aromatic nitrogens is 1. The molecule has 18 heavy (non-hydrogen) atoms. The van der Waals surface area contributed by atoms with E-state index in [-0.39, 0.29) is 5.91 Å². The van der Waals surface area contributed by atoms with E-state index in [9.17, 15) is 10.0 Å². The van der Waals surface area contributed by atoms with Gasteiger partial charge in [-0.2, -0.15) is 0 Å². The Morgan fingerprint density at radius 2 is 2.22 bits per heavy atom. The van der Waals surface area contributed by atoms with Gasteiger partial charge in [-0.15, -0.1) is 0 Å². The molecule has 0 aliphatic heterocycles. The van der Waals surface area contributed by atoms with Gasteiger partial charge in [-0.25, -0.2) is 0 Å². The average molecular weight is 250 g/mol. The molecule has 0 aromatic carbocycles. The fourth-order valence-corrected chi connectivity index (χ4v) is 1.28. The first-order valence-electron chi connectivity index (χ1n) is 5.63. The summed E-state index contributed by atoms with van der Waals surface area (Å²) in [6, 6.07) is 3.20. The molecule has 0 saturated heterocycles. The van der Waals surface area contributed by atoms with Gasteiger partial charge < -0.3 is 20.2 Å². The van der Waals surface area contributed by atoms with Crippen molar-refractivity contribution in [2.75, 3.05) is 34.2 Å². The van der Waals surface area contributed by atoms with Crippen molar-refractivity contribution in [1.29, 1.82) is 0 Å². The number of amides is 1. The molecule has 0 unspecified atom stereocenters. The summed E-state index contributed by atoms with van der Waals surface area (Å²) in [5.74, 6) is -0.165. The topological polar surface area (TPSA) is 77.4 Å². The molecular formula is C12H18N4O2. The first kappa shape index (κ1) is 14.1. The summed E-state index contributed by atoms with van der Waals surface area (Å²) in [6.45, 7) is 1.45. The summed E-state index contributed by atoms with van der Waals surface area (Å²) in [7, 11) is 6.18. The molecule has 6 nitrogen and oxygen atoms in total. The van der Waals surface area contributed by atoms with Crippen LogP contribution in [0.2, 0.25) is 0 Å².